The van der Waals surface area contributed by atoms with Crippen molar-refractivity contribution in [2.75, 3.05) is 16.8 Å². The maximum absolute atomic E-state index is 12.7. The Hall–Kier alpha value is -1.81. The van der Waals surface area contributed by atoms with Gasteiger partial charge in [0.1, 0.15) is 5.01 Å². The number of aryl methyl sites for hydroxylation is 1. The molecule has 2 aromatic rings. The molecule has 0 bridgehead atoms. The molecule has 0 aromatic carbocycles. The lowest BCUT2D eigenvalue weighted by molar-refractivity contribution is 0.102. The van der Waals surface area contributed by atoms with E-state index in [4.69, 9.17) is 0 Å². The van der Waals surface area contributed by atoms with Gasteiger partial charge in [0.15, 0.2) is 15.5 Å². The van der Waals surface area contributed by atoms with Crippen molar-refractivity contribution in [2.24, 2.45) is 0 Å². The fourth-order valence-corrected chi connectivity index (χ4v) is 5.86. The Morgan fingerprint density at radius 3 is 2.76 bits per heavy atom. The highest BCUT2D eigenvalue weighted by Gasteiger charge is 2.34. The van der Waals surface area contributed by atoms with Crippen molar-refractivity contribution >= 4 is 32.2 Å². The molecule has 0 radical (unpaired) electrons. The van der Waals surface area contributed by atoms with Crippen molar-refractivity contribution in [2.45, 2.75) is 45.1 Å². The zero-order valence-corrected chi connectivity index (χ0v) is 15.5. The van der Waals surface area contributed by atoms with Gasteiger partial charge in [-0.3, -0.25) is 14.8 Å². The van der Waals surface area contributed by atoms with Crippen LogP contribution in [0.4, 0.5) is 5.13 Å². The minimum atomic E-state index is -3.00. The number of carbonyl (C=O) groups excluding carboxylic acids is 1. The number of aromatic nitrogens is 4. The quantitative estimate of drug-likeness (QED) is 0.864. The highest BCUT2D eigenvalue weighted by atomic mass is 32.2. The summed E-state index contributed by atoms with van der Waals surface area (Å²) in [4.78, 5) is 12.7. The van der Waals surface area contributed by atoms with Crippen LogP contribution in [0.25, 0.3) is 0 Å². The monoisotopic (exact) mass is 381 g/mol. The van der Waals surface area contributed by atoms with Crippen LogP contribution in [0.5, 0.6) is 0 Å². The lowest BCUT2D eigenvalue weighted by Gasteiger charge is -2.17. The first kappa shape index (κ1) is 16.6. The molecule has 2 aromatic heterocycles. The molecule has 10 heteroatoms. The maximum atomic E-state index is 12.7. The Morgan fingerprint density at radius 1 is 1.28 bits per heavy atom. The van der Waals surface area contributed by atoms with Crippen LogP contribution in [0.15, 0.2) is 0 Å². The van der Waals surface area contributed by atoms with E-state index in [1.165, 1.54) is 11.3 Å². The normalized spacial score (nSPS) is 21.9. The van der Waals surface area contributed by atoms with Gasteiger partial charge in [-0.15, -0.1) is 10.2 Å². The van der Waals surface area contributed by atoms with Crippen LogP contribution >= 0.6 is 11.3 Å². The number of carbonyl (C=O) groups is 1. The molecule has 0 spiro atoms. The van der Waals surface area contributed by atoms with Gasteiger partial charge in [-0.1, -0.05) is 11.3 Å². The summed E-state index contributed by atoms with van der Waals surface area (Å²) in [6.07, 6.45) is 4.25. The molecule has 0 saturated carbocycles. The van der Waals surface area contributed by atoms with Crippen LogP contribution in [0.2, 0.25) is 0 Å². The Balaban J connectivity index is 1.67. The molecule has 1 aliphatic heterocycles. The van der Waals surface area contributed by atoms with E-state index in [0.29, 0.717) is 17.2 Å². The van der Waals surface area contributed by atoms with Crippen LogP contribution in [0, 0.1) is 6.92 Å². The van der Waals surface area contributed by atoms with E-state index in [2.05, 4.69) is 20.6 Å². The number of hydrogen-bond acceptors (Lipinski definition) is 7. The molecule has 0 unspecified atom stereocenters. The summed E-state index contributed by atoms with van der Waals surface area (Å²) < 4.78 is 25.5. The van der Waals surface area contributed by atoms with Gasteiger partial charge in [0.05, 0.1) is 17.5 Å². The SMILES string of the molecule is Cc1nnc(NC(=O)c2nn([C@@H]3CCS(=O)(=O)C3)c3c2CCCC3)s1. The summed E-state index contributed by atoms with van der Waals surface area (Å²) in [5.74, 6) is 0.00394. The fourth-order valence-electron chi connectivity index (χ4n) is 3.58. The van der Waals surface area contributed by atoms with Crippen LogP contribution in [-0.2, 0) is 22.7 Å². The number of rotatable bonds is 3. The molecule has 1 atom stereocenters. The smallest absolute Gasteiger partial charge is 0.278 e. The van der Waals surface area contributed by atoms with Crippen molar-refractivity contribution in [3.63, 3.8) is 0 Å². The predicted octanol–water partition coefficient (Wildman–Crippen LogP) is 1.53. The highest BCUT2D eigenvalue weighted by molar-refractivity contribution is 7.91. The Kier molecular flexibility index (Phi) is 4.11. The van der Waals surface area contributed by atoms with E-state index in [9.17, 15) is 13.2 Å². The lowest BCUT2D eigenvalue weighted by Crippen LogP contribution is -2.17. The molecule has 2 aliphatic rings. The minimum Gasteiger partial charge on any atom is -0.295 e. The molecule has 1 amide bonds. The second kappa shape index (κ2) is 6.17. The second-order valence-electron chi connectivity index (χ2n) is 6.56. The number of hydrogen-bond donors (Lipinski definition) is 1. The third-order valence-corrected chi connectivity index (χ3v) is 7.23. The van der Waals surface area contributed by atoms with Crippen molar-refractivity contribution in [1.82, 2.24) is 20.0 Å². The van der Waals surface area contributed by atoms with E-state index in [1.807, 2.05) is 6.92 Å². The third kappa shape index (κ3) is 3.20. The molecule has 25 heavy (non-hydrogen) atoms. The predicted molar refractivity (Wildman–Crippen MR) is 93.8 cm³/mol. The average Bonchev–Trinajstić information content (AvgIpc) is 3.24. The topological polar surface area (TPSA) is 107 Å². The molecule has 1 aliphatic carbocycles. The summed E-state index contributed by atoms with van der Waals surface area (Å²) >= 11 is 1.31. The zero-order chi connectivity index (χ0) is 17.6. The standard InChI is InChI=1S/C15H19N5O3S2/c1-9-17-18-15(24-9)16-14(21)13-11-4-2-3-5-12(11)20(19-13)10-6-7-25(22,23)8-10/h10H,2-8H2,1H3,(H,16,18,21)/t10-/m1/s1. The van der Waals surface area contributed by atoms with Crippen molar-refractivity contribution in [1.29, 1.82) is 0 Å². The van der Waals surface area contributed by atoms with Gasteiger partial charge < -0.3 is 0 Å². The zero-order valence-electron chi connectivity index (χ0n) is 13.9. The van der Waals surface area contributed by atoms with Crippen LogP contribution in [0.3, 0.4) is 0 Å². The number of amides is 1. The number of fused-ring (bicyclic) bond motifs is 1. The van der Waals surface area contributed by atoms with Gasteiger partial charge in [-0.05, 0) is 39.0 Å². The van der Waals surface area contributed by atoms with Gasteiger partial charge in [0, 0.05) is 11.3 Å². The first-order valence-corrected chi connectivity index (χ1v) is 11.0. The van der Waals surface area contributed by atoms with E-state index in [1.54, 1.807) is 4.68 Å². The number of sulfone groups is 1. The van der Waals surface area contributed by atoms with Gasteiger partial charge in [0.2, 0.25) is 5.13 Å². The summed E-state index contributed by atoms with van der Waals surface area (Å²) in [6, 6.07) is -0.165. The molecule has 1 fully saturated rings. The molecular formula is C15H19N5O3S2. The van der Waals surface area contributed by atoms with Crippen LogP contribution in [0.1, 0.15) is 52.1 Å². The maximum Gasteiger partial charge on any atom is 0.278 e. The first-order valence-electron chi connectivity index (χ1n) is 8.35. The summed E-state index contributed by atoms with van der Waals surface area (Å²) in [6.45, 7) is 1.82. The molecule has 134 valence electrons. The summed E-state index contributed by atoms with van der Waals surface area (Å²) in [7, 11) is -3.00. The second-order valence-corrected chi connectivity index (χ2v) is 9.97. The Bertz CT molecular complexity index is 931. The van der Waals surface area contributed by atoms with Crippen LogP contribution < -0.4 is 5.32 Å². The van der Waals surface area contributed by atoms with Crippen molar-refractivity contribution < 1.29 is 13.2 Å². The third-order valence-electron chi connectivity index (χ3n) is 4.72. The molecule has 1 saturated heterocycles. The van der Waals surface area contributed by atoms with Gasteiger partial charge >= 0.3 is 0 Å². The minimum absolute atomic E-state index is 0.109. The number of nitrogens with zero attached hydrogens (tertiary/aromatic N) is 4. The van der Waals surface area contributed by atoms with E-state index < -0.39 is 9.84 Å². The summed E-state index contributed by atoms with van der Waals surface area (Å²) in [5, 5.41) is 16.3. The highest BCUT2D eigenvalue weighted by Crippen LogP contribution is 2.31. The molecule has 1 N–H and O–H groups in total. The number of nitrogens with one attached hydrogen (secondary N) is 1. The first-order chi connectivity index (χ1) is 11.9. The fraction of sp³-hybridized carbons (Fsp3) is 0.600. The van der Waals surface area contributed by atoms with Crippen LogP contribution in [-0.4, -0.2) is 45.8 Å². The molecule has 4 rings (SSSR count). The average molecular weight is 381 g/mol. The van der Waals surface area contributed by atoms with E-state index in [0.717, 1.165) is 41.9 Å². The Labute approximate surface area is 149 Å². The van der Waals surface area contributed by atoms with Gasteiger partial charge in [-0.25, -0.2) is 8.42 Å². The van der Waals surface area contributed by atoms with Crippen molar-refractivity contribution in [3.8, 4) is 0 Å². The lowest BCUT2D eigenvalue weighted by atomic mass is 9.95. The molecule has 3 heterocycles. The van der Waals surface area contributed by atoms with E-state index >= 15 is 0 Å². The Morgan fingerprint density at radius 2 is 2.08 bits per heavy atom. The number of anilines is 1. The largest absolute Gasteiger partial charge is 0.295 e. The van der Waals surface area contributed by atoms with Crippen molar-refractivity contribution in [3.05, 3.63) is 22.0 Å². The van der Waals surface area contributed by atoms with Gasteiger partial charge in [-0.2, -0.15) is 5.10 Å². The van der Waals surface area contributed by atoms with Gasteiger partial charge in [0.25, 0.3) is 5.91 Å². The van der Waals surface area contributed by atoms with E-state index in [-0.39, 0.29) is 23.5 Å². The molecule has 8 nitrogen and oxygen atoms in total. The summed E-state index contributed by atoms with van der Waals surface area (Å²) in [5.41, 5.74) is 2.37. The molecular weight excluding hydrogens is 362 g/mol.